The van der Waals surface area contributed by atoms with Crippen molar-refractivity contribution in [1.29, 1.82) is 0 Å². The maximum atomic E-state index is 3.27. The van der Waals surface area contributed by atoms with Gasteiger partial charge in [-0.2, -0.15) is 0 Å². The van der Waals surface area contributed by atoms with Crippen LogP contribution in [0, 0.1) is 0 Å². The molecule has 2 heteroatoms. The van der Waals surface area contributed by atoms with E-state index in [0.717, 1.165) is 0 Å². The minimum atomic E-state index is 1.17. The first-order chi connectivity index (χ1) is 8.35. The summed E-state index contributed by atoms with van der Waals surface area (Å²) < 4.78 is 0. The van der Waals surface area contributed by atoms with Crippen molar-refractivity contribution >= 4 is 28.2 Å². The van der Waals surface area contributed by atoms with E-state index >= 15 is 0 Å². The Hall–Kier alpha value is -2.09. The minimum Gasteiger partial charge on any atom is -0.387 e. The molecule has 2 aromatic rings. The average molecular weight is 223 g/mol. The highest BCUT2D eigenvalue weighted by Crippen LogP contribution is 2.32. The molecule has 17 heavy (non-hydrogen) atoms. The molecule has 1 aliphatic carbocycles. The number of rotatable bonds is 1. The fraction of sp³-hybridized carbons (Fsp3) is 0.133. The Labute approximate surface area is 101 Å². The van der Waals surface area contributed by atoms with Gasteiger partial charge in [0, 0.05) is 24.2 Å². The normalized spacial score (nSPS) is 15.5. The first kappa shape index (κ1) is 10.1. The first-order valence-corrected chi connectivity index (χ1v) is 5.82. The lowest BCUT2D eigenvalue weighted by atomic mass is 9.90. The summed E-state index contributed by atoms with van der Waals surface area (Å²) in [6.07, 6.45) is 4.30. The van der Waals surface area contributed by atoms with Crippen LogP contribution in [0.2, 0.25) is 0 Å². The van der Waals surface area contributed by atoms with Gasteiger partial charge in [0.05, 0.1) is 5.56 Å². The minimum absolute atomic E-state index is 1.17. The van der Waals surface area contributed by atoms with Gasteiger partial charge in [-0.25, -0.2) is 4.99 Å². The zero-order chi connectivity index (χ0) is 11.8. The Balaban J connectivity index is 2.51. The summed E-state index contributed by atoms with van der Waals surface area (Å²) in [4.78, 5) is 3.27. The van der Waals surface area contributed by atoms with Crippen LogP contribution >= 0.6 is 0 Å². The fourth-order valence-corrected chi connectivity index (χ4v) is 2.50. The summed E-state index contributed by atoms with van der Waals surface area (Å²) in [6, 6.07) is 10.7. The van der Waals surface area contributed by atoms with Crippen LogP contribution in [0.3, 0.4) is 0 Å². The zero-order valence-corrected chi connectivity index (χ0v) is 10.0. The number of allylic oxidation sites excluding steroid dienone is 1. The highest BCUT2D eigenvalue weighted by Gasteiger charge is 2.19. The Bertz CT molecular complexity index is 651. The molecule has 3 rings (SSSR count). The Morgan fingerprint density at radius 2 is 1.94 bits per heavy atom. The molecule has 0 unspecified atom stereocenters. The molecule has 0 aromatic heterocycles. The smallest absolute Gasteiger partial charge is 0.208 e. The van der Waals surface area contributed by atoms with E-state index in [1.807, 2.05) is 14.1 Å². The Kier molecular flexibility index (Phi) is 2.22. The van der Waals surface area contributed by atoms with Gasteiger partial charge in [0.15, 0.2) is 0 Å². The molecule has 84 valence electrons. The van der Waals surface area contributed by atoms with Gasteiger partial charge < -0.3 is 5.32 Å². The van der Waals surface area contributed by atoms with E-state index in [1.165, 1.54) is 33.3 Å². The highest BCUT2D eigenvalue weighted by molar-refractivity contribution is 6.23. The fourth-order valence-electron chi connectivity index (χ4n) is 2.50. The van der Waals surface area contributed by atoms with E-state index in [9.17, 15) is 0 Å². The monoisotopic (exact) mass is 223 g/mol. The second kappa shape index (κ2) is 3.74. The van der Waals surface area contributed by atoms with E-state index in [-0.39, 0.29) is 0 Å². The summed E-state index contributed by atoms with van der Waals surface area (Å²) in [6.45, 7) is 0. The third kappa shape index (κ3) is 1.37. The third-order valence-corrected chi connectivity index (χ3v) is 3.32. The summed E-state index contributed by atoms with van der Waals surface area (Å²) in [7, 11) is 3.93. The van der Waals surface area contributed by atoms with Gasteiger partial charge in [0.2, 0.25) is 5.71 Å². The molecule has 1 aliphatic rings. The van der Waals surface area contributed by atoms with Gasteiger partial charge in [0.1, 0.15) is 7.05 Å². The van der Waals surface area contributed by atoms with Crippen molar-refractivity contribution in [2.24, 2.45) is 0 Å². The lowest BCUT2D eigenvalue weighted by Crippen LogP contribution is -2.67. The molecule has 0 radical (unpaired) electrons. The van der Waals surface area contributed by atoms with E-state index < -0.39 is 0 Å². The second-order valence-corrected chi connectivity index (χ2v) is 4.18. The number of nitrogens with one attached hydrogen (secondary N) is 2. The molecule has 2 nitrogen and oxygen atoms in total. The zero-order valence-electron chi connectivity index (χ0n) is 10.0. The summed E-state index contributed by atoms with van der Waals surface area (Å²) in [5.41, 5.74) is 4.89. The van der Waals surface area contributed by atoms with Crippen molar-refractivity contribution in [3.63, 3.8) is 0 Å². The van der Waals surface area contributed by atoms with Gasteiger partial charge in [0.25, 0.3) is 0 Å². The van der Waals surface area contributed by atoms with Crippen molar-refractivity contribution in [3.8, 4) is 0 Å². The molecule has 0 fully saturated rings. The van der Waals surface area contributed by atoms with Gasteiger partial charge in [-0.05, 0) is 23.1 Å². The van der Waals surface area contributed by atoms with Crippen LogP contribution in [0.15, 0.2) is 36.4 Å². The van der Waals surface area contributed by atoms with Crippen LogP contribution in [0.25, 0.3) is 16.8 Å². The maximum Gasteiger partial charge on any atom is 0.208 e. The number of hydrogen-bond donors (Lipinski definition) is 2. The number of benzene rings is 2. The van der Waals surface area contributed by atoms with E-state index in [1.54, 1.807) is 0 Å². The van der Waals surface area contributed by atoms with E-state index in [0.29, 0.717) is 0 Å². The molecular formula is C15H15N2+. The van der Waals surface area contributed by atoms with Crippen LogP contribution in [-0.2, 0) is 0 Å². The molecule has 0 spiro atoms. The molecule has 2 N–H and O–H groups in total. The van der Waals surface area contributed by atoms with Gasteiger partial charge >= 0.3 is 0 Å². The van der Waals surface area contributed by atoms with Crippen LogP contribution in [0.4, 0.5) is 5.69 Å². The molecule has 0 aliphatic heterocycles. The standard InChI is InChI=1S/C15H14N2/c1-16-12-8-6-10-4-3-5-11-7-9-13(17-2)15(12)14(10)11/h3-9,16H,1-2H3/p+1. The largest absolute Gasteiger partial charge is 0.387 e. The van der Waals surface area contributed by atoms with Crippen molar-refractivity contribution in [3.05, 3.63) is 47.5 Å². The summed E-state index contributed by atoms with van der Waals surface area (Å²) in [5, 5.41) is 5.88. The molecule has 0 bridgehead atoms. The van der Waals surface area contributed by atoms with Gasteiger partial charge in [-0.3, -0.25) is 0 Å². The van der Waals surface area contributed by atoms with Crippen molar-refractivity contribution in [1.82, 2.24) is 0 Å². The molecule has 0 atom stereocenters. The maximum absolute atomic E-state index is 3.27. The molecule has 0 amide bonds. The van der Waals surface area contributed by atoms with Gasteiger partial charge in [-0.1, -0.05) is 24.3 Å². The first-order valence-electron chi connectivity index (χ1n) is 5.82. The predicted molar refractivity (Wildman–Crippen MR) is 73.5 cm³/mol. The van der Waals surface area contributed by atoms with Crippen molar-refractivity contribution in [2.45, 2.75) is 0 Å². The topological polar surface area (TPSA) is 26.0 Å². The average Bonchev–Trinajstić information content (AvgIpc) is 2.40. The van der Waals surface area contributed by atoms with Crippen LogP contribution < -0.4 is 10.3 Å². The van der Waals surface area contributed by atoms with Gasteiger partial charge in [-0.15, -0.1) is 0 Å². The molecule has 0 saturated heterocycles. The molecule has 0 saturated carbocycles. The lowest BCUT2D eigenvalue weighted by Gasteiger charge is -2.15. The van der Waals surface area contributed by atoms with Crippen LogP contribution in [0.5, 0.6) is 0 Å². The van der Waals surface area contributed by atoms with Crippen molar-refractivity contribution in [2.75, 3.05) is 19.4 Å². The number of hydrogen-bond acceptors (Lipinski definition) is 1. The van der Waals surface area contributed by atoms with Crippen molar-refractivity contribution < 1.29 is 4.99 Å². The second-order valence-electron chi connectivity index (χ2n) is 4.18. The third-order valence-electron chi connectivity index (χ3n) is 3.32. The number of anilines is 1. The summed E-state index contributed by atoms with van der Waals surface area (Å²) >= 11 is 0. The molecular weight excluding hydrogens is 208 g/mol. The Morgan fingerprint density at radius 3 is 2.71 bits per heavy atom. The predicted octanol–water partition coefficient (Wildman–Crippen LogP) is 1.41. The summed E-state index contributed by atoms with van der Waals surface area (Å²) in [5.74, 6) is 0. The van der Waals surface area contributed by atoms with Crippen LogP contribution in [-0.4, -0.2) is 19.8 Å². The Morgan fingerprint density at radius 1 is 1.06 bits per heavy atom. The SMILES string of the molecule is CNc1ccc2cccc3c2c1C(=[NH+]C)C=C3. The van der Waals surface area contributed by atoms with E-state index in [2.05, 4.69) is 52.8 Å². The molecule has 0 heterocycles. The van der Waals surface area contributed by atoms with Crippen LogP contribution in [0.1, 0.15) is 11.1 Å². The quantitative estimate of drug-likeness (QED) is 0.751. The highest BCUT2D eigenvalue weighted by atomic mass is 14.8. The molecule has 2 aromatic carbocycles. The van der Waals surface area contributed by atoms with E-state index in [4.69, 9.17) is 0 Å². The lowest BCUT2D eigenvalue weighted by molar-refractivity contribution is -0.418.